The molecule has 33 heavy (non-hydrogen) atoms. The van der Waals surface area contributed by atoms with Crippen molar-refractivity contribution in [2.45, 2.75) is 57.9 Å². The highest BCUT2D eigenvalue weighted by molar-refractivity contribution is 5.95. The highest BCUT2D eigenvalue weighted by Gasteiger charge is 2.55. The molecule has 10 nitrogen and oxygen atoms in total. The first kappa shape index (κ1) is 23.0. The molecule has 5 amide bonds. The molecule has 10 heteroatoms. The monoisotopic (exact) mass is 456 g/mol. The molecule has 0 spiro atoms. The molecule has 2 saturated heterocycles. The molecule has 0 radical (unpaired) electrons. The van der Waals surface area contributed by atoms with Gasteiger partial charge >= 0.3 is 6.03 Å². The van der Waals surface area contributed by atoms with Gasteiger partial charge < -0.3 is 15.5 Å². The van der Waals surface area contributed by atoms with Crippen LogP contribution in [0.1, 0.15) is 39.5 Å². The van der Waals surface area contributed by atoms with E-state index < -0.39 is 6.29 Å². The Labute approximate surface area is 193 Å². The number of hydrogen-bond acceptors (Lipinski definition) is 5. The lowest BCUT2D eigenvalue weighted by atomic mass is 9.75. The largest absolute Gasteiger partial charge is 0.353 e. The third kappa shape index (κ3) is 4.52. The molecule has 1 aromatic carbocycles. The number of amides is 5. The minimum absolute atomic E-state index is 0.0237. The van der Waals surface area contributed by atoms with Crippen LogP contribution in [-0.4, -0.2) is 70.5 Å². The van der Waals surface area contributed by atoms with Crippen molar-refractivity contribution in [3.8, 4) is 0 Å². The molecule has 178 valence electrons. The molecule has 1 aliphatic carbocycles. The van der Waals surface area contributed by atoms with Gasteiger partial charge in [-0.25, -0.2) is 9.80 Å². The fourth-order valence-electron chi connectivity index (χ4n) is 4.90. The van der Waals surface area contributed by atoms with E-state index in [-0.39, 0.29) is 54.2 Å². The second kappa shape index (κ2) is 9.38. The van der Waals surface area contributed by atoms with Gasteiger partial charge in [0.2, 0.25) is 17.7 Å². The Morgan fingerprint density at radius 3 is 2.61 bits per heavy atom. The standard InChI is InChI=1S/C23H32N6O4/c1-4-14(2)24-20(31)15-10-11-17-18(12-15)29-22(27(3)21(17)32)26-28(23(29)33)13-19(30)25-16-8-6-5-7-9-16/h5-9,14-15,17-18,22,26H,4,10-13H2,1-3H3,(H,24,31)(H,25,30). The molecular formula is C23H32N6O4. The van der Waals surface area contributed by atoms with E-state index in [4.69, 9.17) is 0 Å². The topological polar surface area (TPSA) is 114 Å². The molecule has 3 fully saturated rings. The number of nitrogens with one attached hydrogen (secondary N) is 3. The average Bonchev–Trinajstić information content (AvgIpc) is 3.13. The fraction of sp³-hybridized carbons (Fsp3) is 0.565. The van der Waals surface area contributed by atoms with E-state index >= 15 is 0 Å². The zero-order valence-electron chi connectivity index (χ0n) is 19.3. The number of anilines is 1. The Hall–Kier alpha value is -3.14. The summed E-state index contributed by atoms with van der Waals surface area (Å²) in [6.45, 7) is 3.78. The number of hydrazine groups is 1. The summed E-state index contributed by atoms with van der Waals surface area (Å²) >= 11 is 0. The van der Waals surface area contributed by atoms with Gasteiger partial charge in [-0.15, -0.1) is 0 Å². The van der Waals surface area contributed by atoms with Gasteiger partial charge in [-0.2, -0.15) is 5.43 Å². The van der Waals surface area contributed by atoms with Crippen molar-refractivity contribution >= 4 is 29.4 Å². The van der Waals surface area contributed by atoms with Crippen molar-refractivity contribution in [2.75, 3.05) is 18.9 Å². The number of carbonyl (C=O) groups is 4. The molecule has 3 N–H and O–H groups in total. The van der Waals surface area contributed by atoms with Gasteiger partial charge in [0.15, 0.2) is 6.29 Å². The average molecular weight is 457 g/mol. The van der Waals surface area contributed by atoms with E-state index in [1.807, 2.05) is 32.0 Å². The minimum Gasteiger partial charge on any atom is -0.353 e. The van der Waals surface area contributed by atoms with Crippen LogP contribution in [0.15, 0.2) is 30.3 Å². The fourth-order valence-corrected chi connectivity index (χ4v) is 4.90. The predicted octanol–water partition coefficient (Wildman–Crippen LogP) is 1.32. The van der Waals surface area contributed by atoms with Crippen molar-refractivity contribution in [2.24, 2.45) is 11.8 Å². The third-order valence-electron chi connectivity index (χ3n) is 6.92. The molecule has 2 heterocycles. The van der Waals surface area contributed by atoms with E-state index in [1.54, 1.807) is 24.1 Å². The number of urea groups is 1. The quantitative estimate of drug-likeness (QED) is 0.598. The van der Waals surface area contributed by atoms with Crippen molar-refractivity contribution < 1.29 is 19.2 Å². The minimum atomic E-state index is -0.674. The SMILES string of the molecule is CCC(C)NC(=O)C1CCC2C(=O)N(C)C3NN(CC(=O)Nc4ccccc4)C(=O)N3C2C1. The van der Waals surface area contributed by atoms with Crippen LogP contribution in [0.3, 0.4) is 0 Å². The first-order chi connectivity index (χ1) is 15.8. The van der Waals surface area contributed by atoms with Gasteiger partial charge in [-0.1, -0.05) is 25.1 Å². The lowest BCUT2D eigenvalue weighted by molar-refractivity contribution is -0.156. The van der Waals surface area contributed by atoms with E-state index in [2.05, 4.69) is 16.1 Å². The number of carbonyl (C=O) groups excluding carboxylic acids is 4. The van der Waals surface area contributed by atoms with E-state index in [0.717, 1.165) is 6.42 Å². The van der Waals surface area contributed by atoms with Crippen molar-refractivity contribution in [1.29, 1.82) is 0 Å². The Balaban J connectivity index is 1.47. The summed E-state index contributed by atoms with van der Waals surface area (Å²) in [5.74, 6) is -1.01. The lowest BCUT2D eigenvalue weighted by Gasteiger charge is -2.48. The Morgan fingerprint density at radius 2 is 1.91 bits per heavy atom. The molecule has 3 aliphatic rings. The van der Waals surface area contributed by atoms with Crippen molar-refractivity contribution in [3.05, 3.63) is 30.3 Å². The zero-order valence-corrected chi connectivity index (χ0v) is 19.3. The van der Waals surface area contributed by atoms with Crippen LogP contribution in [-0.2, 0) is 14.4 Å². The molecule has 0 bridgehead atoms. The van der Waals surface area contributed by atoms with Crippen LogP contribution in [0.2, 0.25) is 0 Å². The van der Waals surface area contributed by atoms with Crippen LogP contribution in [0.4, 0.5) is 10.5 Å². The molecule has 5 atom stereocenters. The van der Waals surface area contributed by atoms with Gasteiger partial charge in [0.05, 0.1) is 5.92 Å². The first-order valence-electron chi connectivity index (χ1n) is 11.6. The van der Waals surface area contributed by atoms with Gasteiger partial charge in [0, 0.05) is 30.7 Å². The van der Waals surface area contributed by atoms with Crippen LogP contribution in [0, 0.1) is 11.8 Å². The van der Waals surface area contributed by atoms with Crippen LogP contribution in [0.5, 0.6) is 0 Å². The molecule has 0 aromatic heterocycles. The second-order valence-corrected chi connectivity index (χ2v) is 9.14. The van der Waals surface area contributed by atoms with Gasteiger partial charge in [0.1, 0.15) is 6.54 Å². The Bertz CT molecular complexity index is 925. The number of nitrogens with zero attached hydrogens (tertiary/aromatic N) is 3. The summed E-state index contributed by atoms with van der Waals surface area (Å²) in [5, 5.41) is 7.04. The molecule has 5 unspecified atom stereocenters. The zero-order chi connectivity index (χ0) is 23.7. The van der Waals surface area contributed by atoms with Crippen molar-refractivity contribution in [1.82, 2.24) is 25.6 Å². The van der Waals surface area contributed by atoms with Gasteiger partial charge in [0.25, 0.3) is 0 Å². The van der Waals surface area contributed by atoms with Crippen LogP contribution >= 0.6 is 0 Å². The van der Waals surface area contributed by atoms with Gasteiger partial charge in [-0.3, -0.25) is 19.3 Å². The highest BCUT2D eigenvalue weighted by Crippen LogP contribution is 2.39. The number of rotatable bonds is 6. The summed E-state index contributed by atoms with van der Waals surface area (Å²) in [4.78, 5) is 54.8. The maximum atomic E-state index is 13.3. The number of benzene rings is 1. The molecule has 1 saturated carbocycles. The summed E-state index contributed by atoms with van der Waals surface area (Å²) in [6, 6.07) is 8.34. The Kier molecular flexibility index (Phi) is 6.55. The number of para-hydroxylation sites is 1. The smallest absolute Gasteiger partial charge is 0.337 e. The highest BCUT2D eigenvalue weighted by atomic mass is 16.2. The number of hydrogen-bond donors (Lipinski definition) is 3. The number of fused-ring (bicyclic) bond motifs is 3. The molecule has 2 aliphatic heterocycles. The first-order valence-corrected chi connectivity index (χ1v) is 11.6. The van der Waals surface area contributed by atoms with Crippen molar-refractivity contribution in [3.63, 3.8) is 0 Å². The summed E-state index contributed by atoms with van der Waals surface area (Å²) in [5.41, 5.74) is 3.65. The predicted molar refractivity (Wildman–Crippen MR) is 121 cm³/mol. The molecule has 1 aromatic rings. The van der Waals surface area contributed by atoms with Crippen LogP contribution < -0.4 is 16.1 Å². The summed E-state index contributed by atoms with van der Waals surface area (Å²) in [6.07, 6.45) is 1.77. The maximum absolute atomic E-state index is 13.3. The molecular weight excluding hydrogens is 424 g/mol. The molecule has 4 rings (SSSR count). The second-order valence-electron chi connectivity index (χ2n) is 9.14. The van der Waals surface area contributed by atoms with E-state index in [9.17, 15) is 19.2 Å². The van der Waals surface area contributed by atoms with Gasteiger partial charge in [-0.05, 0) is 44.7 Å². The lowest BCUT2D eigenvalue weighted by Crippen LogP contribution is -2.66. The van der Waals surface area contributed by atoms with E-state index in [1.165, 1.54) is 9.91 Å². The summed E-state index contributed by atoms with van der Waals surface area (Å²) in [7, 11) is 1.66. The maximum Gasteiger partial charge on any atom is 0.337 e. The third-order valence-corrected chi connectivity index (χ3v) is 6.92. The van der Waals surface area contributed by atoms with E-state index in [0.29, 0.717) is 24.9 Å². The summed E-state index contributed by atoms with van der Waals surface area (Å²) < 4.78 is 0. The Morgan fingerprint density at radius 1 is 1.18 bits per heavy atom. The van der Waals surface area contributed by atoms with Crippen LogP contribution in [0.25, 0.3) is 0 Å². The normalized spacial score (nSPS) is 27.7.